The first-order valence-corrected chi connectivity index (χ1v) is 7.65. The van der Waals surface area contributed by atoms with E-state index in [0.29, 0.717) is 21.3 Å². The van der Waals surface area contributed by atoms with E-state index in [9.17, 15) is 4.79 Å². The normalized spacial score (nSPS) is 11.3. The molecule has 3 rings (SSSR count). The molecule has 23 heavy (non-hydrogen) atoms. The van der Waals surface area contributed by atoms with Crippen molar-refractivity contribution in [2.75, 3.05) is 0 Å². The second kappa shape index (κ2) is 6.44. The Kier molecular flexibility index (Phi) is 4.37. The molecule has 3 aromatic rings. The molecule has 6 heteroatoms. The van der Waals surface area contributed by atoms with Crippen LogP contribution in [-0.4, -0.2) is 16.7 Å². The molecule has 1 heterocycles. The molecule has 2 aromatic carbocycles. The number of benzene rings is 2. The molecule has 0 spiro atoms. The number of nitrogens with zero attached hydrogens (tertiary/aromatic N) is 2. The van der Waals surface area contributed by atoms with Crippen LogP contribution >= 0.6 is 23.2 Å². The van der Waals surface area contributed by atoms with E-state index in [1.54, 1.807) is 18.2 Å². The lowest BCUT2D eigenvalue weighted by Gasteiger charge is -2.03. The first-order chi connectivity index (χ1) is 11.1. The molecule has 4 nitrogen and oxygen atoms in total. The highest BCUT2D eigenvalue weighted by molar-refractivity contribution is 6.43. The second-order valence-corrected chi connectivity index (χ2v) is 5.77. The molecular weight excluding hydrogens is 333 g/mol. The van der Waals surface area contributed by atoms with Crippen molar-refractivity contribution in [2.45, 2.75) is 0 Å². The second-order valence-electron chi connectivity index (χ2n) is 4.99. The van der Waals surface area contributed by atoms with Crippen LogP contribution in [0, 0.1) is 0 Å². The molecule has 0 saturated carbocycles. The third-order valence-electron chi connectivity index (χ3n) is 3.54. The van der Waals surface area contributed by atoms with Gasteiger partial charge in [0.05, 0.1) is 16.3 Å². The quantitative estimate of drug-likeness (QED) is 0.559. The number of amides is 1. The Balaban J connectivity index is 1.80. The zero-order valence-electron chi connectivity index (χ0n) is 12.3. The van der Waals surface area contributed by atoms with Crippen molar-refractivity contribution in [3.63, 3.8) is 0 Å². The van der Waals surface area contributed by atoms with Gasteiger partial charge >= 0.3 is 0 Å². The van der Waals surface area contributed by atoms with Crippen LogP contribution < -0.4 is 5.43 Å². The van der Waals surface area contributed by atoms with Crippen molar-refractivity contribution in [1.82, 2.24) is 9.99 Å². The molecular formula is C17H13Cl2N3O. The first kappa shape index (κ1) is 15.6. The first-order valence-electron chi connectivity index (χ1n) is 6.90. The smallest absolute Gasteiger partial charge is 0.287 e. The largest absolute Gasteiger partial charge is 0.340 e. The predicted molar refractivity (Wildman–Crippen MR) is 94.4 cm³/mol. The third-order valence-corrected chi connectivity index (χ3v) is 4.37. The SMILES string of the molecule is Cn1c(C(=O)N/N=C/c2cccc(Cl)c2Cl)cc2ccccc21. The molecule has 0 fully saturated rings. The lowest BCUT2D eigenvalue weighted by Crippen LogP contribution is -2.20. The van der Waals surface area contributed by atoms with Crippen molar-refractivity contribution in [2.24, 2.45) is 12.1 Å². The molecule has 0 aliphatic heterocycles. The highest BCUT2D eigenvalue weighted by atomic mass is 35.5. The fourth-order valence-corrected chi connectivity index (χ4v) is 2.70. The summed E-state index contributed by atoms with van der Waals surface area (Å²) >= 11 is 12.0. The number of carbonyl (C=O) groups is 1. The molecule has 0 atom stereocenters. The van der Waals surface area contributed by atoms with Gasteiger partial charge < -0.3 is 4.57 Å². The molecule has 1 N–H and O–H groups in total. The minimum atomic E-state index is -0.293. The van der Waals surface area contributed by atoms with Crippen LogP contribution in [0.25, 0.3) is 10.9 Å². The number of fused-ring (bicyclic) bond motifs is 1. The van der Waals surface area contributed by atoms with Gasteiger partial charge in [0.1, 0.15) is 5.69 Å². The maximum atomic E-state index is 12.3. The van der Waals surface area contributed by atoms with E-state index in [4.69, 9.17) is 23.2 Å². The van der Waals surface area contributed by atoms with Crippen molar-refractivity contribution in [3.05, 3.63) is 69.8 Å². The van der Waals surface area contributed by atoms with Crippen LogP contribution in [0.5, 0.6) is 0 Å². The Morgan fingerprint density at radius 1 is 1.17 bits per heavy atom. The van der Waals surface area contributed by atoms with Gasteiger partial charge in [-0.25, -0.2) is 5.43 Å². The molecule has 1 amide bonds. The molecule has 0 bridgehead atoms. The molecule has 1 aromatic heterocycles. The summed E-state index contributed by atoms with van der Waals surface area (Å²) in [6.45, 7) is 0. The van der Waals surface area contributed by atoms with E-state index in [1.807, 2.05) is 41.9 Å². The van der Waals surface area contributed by atoms with Gasteiger partial charge in [0.25, 0.3) is 5.91 Å². The molecule has 0 radical (unpaired) electrons. The summed E-state index contributed by atoms with van der Waals surface area (Å²) in [6.07, 6.45) is 1.47. The van der Waals surface area contributed by atoms with Gasteiger partial charge in [-0.1, -0.05) is 53.5 Å². The summed E-state index contributed by atoms with van der Waals surface area (Å²) in [5, 5.41) is 5.79. The number of hydrazone groups is 1. The van der Waals surface area contributed by atoms with E-state index < -0.39 is 0 Å². The topological polar surface area (TPSA) is 46.4 Å². The minimum Gasteiger partial charge on any atom is -0.340 e. The molecule has 116 valence electrons. The van der Waals surface area contributed by atoms with Gasteiger partial charge in [-0.3, -0.25) is 4.79 Å². The number of hydrogen-bond donors (Lipinski definition) is 1. The Hall–Kier alpha value is -2.30. The van der Waals surface area contributed by atoms with Gasteiger partial charge in [-0.2, -0.15) is 5.10 Å². The maximum absolute atomic E-state index is 12.3. The molecule has 0 unspecified atom stereocenters. The monoisotopic (exact) mass is 345 g/mol. The van der Waals surface area contributed by atoms with Crippen LogP contribution in [-0.2, 0) is 7.05 Å². The summed E-state index contributed by atoms with van der Waals surface area (Å²) in [5.74, 6) is -0.293. The molecule has 0 saturated heterocycles. The Morgan fingerprint density at radius 2 is 1.96 bits per heavy atom. The lowest BCUT2D eigenvalue weighted by atomic mass is 10.2. The summed E-state index contributed by atoms with van der Waals surface area (Å²) in [6, 6.07) is 14.8. The third kappa shape index (κ3) is 3.09. The van der Waals surface area contributed by atoms with E-state index >= 15 is 0 Å². The number of aryl methyl sites for hydroxylation is 1. The number of nitrogens with one attached hydrogen (secondary N) is 1. The van der Waals surface area contributed by atoms with Crippen LogP contribution in [0.1, 0.15) is 16.1 Å². The minimum absolute atomic E-state index is 0.293. The average molecular weight is 346 g/mol. The van der Waals surface area contributed by atoms with E-state index in [-0.39, 0.29) is 5.91 Å². The van der Waals surface area contributed by atoms with Crippen molar-refractivity contribution >= 4 is 46.2 Å². The number of rotatable bonds is 3. The van der Waals surface area contributed by atoms with E-state index in [2.05, 4.69) is 10.5 Å². The van der Waals surface area contributed by atoms with Gasteiger partial charge in [-0.15, -0.1) is 0 Å². The van der Waals surface area contributed by atoms with Crippen molar-refractivity contribution in [3.8, 4) is 0 Å². The molecule has 0 aliphatic rings. The highest BCUT2D eigenvalue weighted by Crippen LogP contribution is 2.24. The number of aromatic nitrogens is 1. The summed E-state index contributed by atoms with van der Waals surface area (Å²) < 4.78 is 1.83. The van der Waals surface area contributed by atoms with Crippen LogP contribution in [0.3, 0.4) is 0 Å². The van der Waals surface area contributed by atoms with Gasteiger partial charge in [0.2, 0.25) is 0 Å². The average Bonchev–Trinajstić information content (AvgIpc) is 2.89. The van der Waals surface area contributed by atoms with Crippen LogP contribution in [0.2, 0.25) is 10.0 Å². The molecule has 0 aliphatic carbocycles. The Morgan fingerprint density at radius 3 is 2.74 bits per heavy atom. The van der Waals surface area contributed by atoms with Gasteiger partial charge in [-0.05, 0) is 18.2 Å². The number of para-hydroxylation sites is 1. The standard InChI is InChI=1S/C17H13Cl2N3O/c1-22-14-8-3-2-5-11(14)9-15(22)17(23)21-20-10-12-6-4-7-13(18)16(12)19/h2-10H,1H3,(H,21,23)/b20-10+. The Bertz CT molecular complexity index is 915. The van der Waals surface area contributed by atoms with Crippen molar-refractivity contribution in [1.29, 1.82) is 0 Å². The summed E-state index contributed by atoms with van der Waals surface area (Å²) in [4.78, 5) is 12.3. The van der Waals surface area contributed by atoms with E-state index in [0.717, 1.165) is 10.9 Å². The lowest BCUT2D eigenvalue weighted by molar-refractivity contribution is 0.0947. The maximum Gasteiger partial charge on any atom is 0.287 e. The van der Waals surface area contributed by atoms with Crippen molar-refractivity contribution < 1.29 is 4.79 Å². The van der Waals surface area contributed by atoms with Crippen LogP contribution in [0.15, 0.2) is 53.6 Å². The summed E-state index contributed by atoms with van der Waals surface area (Å²) in [7, 11) is 1.84. The number of hydrogen-bond acceptors (Lipinski definition) is 2. The predicted octanol–water partition coefficient (Wildman–Crippen LogP) is 4.25. The number of halogens is 2. The zero-order chi connectivity index (χ0) is 16.4. The van der Waals surface area contributed by atoms with Gasteiger partial charge in [0, 0.05) is 23.5 Å². The van der Waals surface area contributed by atoms with Gasteiger partial charge in [0.15, 0.2) is 0 Å². The highest BCUT2D eigenvalue weighted by Gasteiger charge is 2.12. The fraction of sp³-hybridized carbons (Fsp3) is 0.0588. The summed E-state index contributed by atoms with van der Waals surface area (Å²) in [5.41, 5.74) is 4.65. The van der Waals surface area contributed by atoms with E-state index in [1.165, 1.54) is 6.21 Å². The van der Waals surface area contributed by atoms with Crippen LogP contribution in [0.4, 0.5) is 0 Å². The zero-order valence-corrected chi connectivity index (χ0v) is 13.8. The Labute approximate surface area is 143 Å². The number of carbonyl (C=O) groups excluding carboxylic acids is 1. The fourth-order valence-electron chi connectivity index (χ4n) is 2.34.